The second-order valence-corrected chi connectivity index (χ2v) is 8.43. The van der Waals surface area contributed by atoms with Crippen molar-refractivity contribution in [2.45, 2.75) is 18.7 Å². The highest BCUT2D eigenvalue weighted by atomic mass is 19.4. The number of aliphatic hydroxyl groups excluding tert-OH is 1. The molecular weight excluding hydrogens is 443 g/mol. The molecule has 5 rings (SSSR count). The van der Waals surface area contributed by atoms with E-state index in [1.54, 1.807) is 6.07 Å². The van der Waals surface area contributed by atoms with Gasteiger partial charge in [-0.15, -0.1) is 0 Å². The first-order valence-electron chi connectivity index (χ1n) is 11.0. The van der Waals surface area contributed by atoms with Gasteiger partial charge in [-0.1, -0.05) is 24.3 Å². The van der Waals surface area contributed by atoms with E-state index in [1.807, 2.05) is 28.7 Å². The molecule has 1 atom stereocenters. The van der Waals surface area contributed by atoms with Crippen LogP contribution < -0.4 is 5.32 Å². The van der Waals surface area contributed by atoms with Crippen LogP contribution in [0.15, 0.2) is 54.6 Å². The van der Waals surface area contributed by atoms with Crippen LogP contribution in [-0.2, 0) is 6.18 Å². The molecule has 0 aliphatic carbocycles. The van der Waals surface area contributed by atoms with Crippen molar-refractivity contribution in [3.8, 4) is 17.2 Å². The molecule has 0 radical (unpaired) electrons. The minimum atomic E-state index is -4.43. The van der Waals surface area contributed by atoms with Gasteiger partial charge in [0, 0.05) is 31.7 Å². The third kappa shape index (κ3) is 4.06. The molecule has 174 valence electrons. The molecule has 0 amide bonds. The van der Waals surface area contributed by atoms with E-state index in [0.29, 0.717) is 46.8 Å². The van der Waals surface area contributed by atoms with E-state index in [-0.39, 0.29) is 6.10 Å². The topological polar surface area (TPSA) is 76.6 Å². The number of rotatable bonds is 5. The highest BCUT2D eigenvalue weighted by Gasteiger charge is 2.30. The number of nitrogens with one attached hydrogen (secondary N) is 1. The predicted octanol–water partition coefficient (Wildman–Crippen LogP) is 4.52. The zero-order valence-electron chi connectivity index (χ0n) is 18.2. The molecule has 34 heavy (non-hydrogen) atoms. The van der Waals surface area contributed by atoms with Gasteiger partial charge in [0.25, 0.3) is 0 Å². The van der Waals surface area contributed by atoms with Crippen LogP contribution in [0.2, 0.25) is 0 Å². The number of likely N-dealkylation sites (tertiary alicyclic amines) is 1. The van der Waals surface area contributed by atoms with Crippen molar-refractivity contribution in [1.29, 1.82) is 5.26 Å². The first-order chi connectivity index (χ1) is 16.3. The Bertz CT molecular complexity index is 1390. The SMILES string of the molecule is N#Cc1c(-c2ccc(C(F)(F)F)cc2)cc(NCCN2CCC(O)C2)n2c1nc1ccccc12. The minimum absolute atomic E-state index is 0.296. The summed E-state index contributed by atoms with van der Waals surface area (Å²) in [6.07, 6.45) is -3.98. The van der Waals surface area contributed by atoms with Gasteiger partial charge < -0.3 is 10.4 Å². The third-order valence-electron chi connectivity index (χ3n) is 6.19. The van der Waals surface area contributed by atoms with Crippen molar-refractivity contribution in [3.63, 3.8) is 0 Å². The fraction of sp³-hybridized carbons (Fsp3) is 0.280. The average Bonchev–Trinajstić information content (AvgIpc) is 3.41. The molecule has 6 nitrogen and oxygen atoms in total. The molecule has 2 aromatic carbocycles. The van der Waals surface area contributed by atoms with Crippen LogP contribution in [0.5, 0.6) is 0 Å². The zero-order valence-corrected chi connectivity index (χ0v) is 18.2. The number of para-hydroxylation sites is 2. The lowest BCUT2D eigenvalue weighted by atomic mass is 10.00. The van der Waals surface area contributed by atoms with E-state index in [1.165, 1.54) is 12.1 Å². The molecule has 0 saturated carbocycles. The Hall–Kier alpha value is -3.61. The molecule has 3 heterocycles. The maximum atomic E-state index is 13.1. The second kappa shape index (κ2) is 8.63. The number of fused-ring (bicyclic) bond motifs is 3. The molecule has 9 heteroatoms. The standard InChI is InChI=1S/C25H22F3N5O/c26-25(27,28)17-7-5-16(6-8-17)19-13-23(30-10-12-32-11-9-18(34)15-32)33-22-4-2-1-3-21(22)31-24(33)20(19)14-29/h1-8,13,18,30,34H,9-12,15H2. The molecule has 1 aliphatic heterocycles. The molecule has 2 N–H and O–H groups in total. The Labute approximate surface area is 193 Å². The molecule has 1 fully saturated rings. The van der Waals surface area contributed by atoms with Gasteiger partial charge in [-0.05, 0) is 42.3 Å². The van der Waals surface area contributed by atoms with Gasteiger partial charge >= 0.3 is 6.18 Å². The molecule has 1 aliphatic rings. The lowest BCUT2D eigenvalue weighted by Crippen LogP contribution is -2.28. The second-order valence-electron chi connectivity index (χ2n) is 8.43. The quantitative estimate of drug-likeness (QED) is 0.453. The normalized spacial score (nSPS) is 16.9. The molecular formula is C25H22F3N5O. The number of nitrogens with zero attached hydrogens (tertiary/aromatic N) is 4. The van der Waals surface area contributed by atoms with Crippen molar-refractivity contribution in [2.24, 2.45) is 0 Å². The molecule has 0 spiro atoms. The lowest BCUT2D eigenvalue weighted by Gasteiger charge is -2.18. The summed E-state index contributed by atoms with van der Waals surface area (Å²) in [5.74, 6) is 0.692. The van der Waals surface area contributed by atoms with Gasteiger partial charge in [0.15, 0.2) is 5.65 Å². The number of imidazole rings is 1. The highest BCUT2D eigenvalue weighted by molar-refractivity contribution is 5.89. The Balaban J connectivity index is 1.59. The summed E-state index contributed by atoms with van der Waals surface area (Å²) in [5, 5.41) is 23.2. The summed E-state index contributed by atoms with van der Waals surface area (Å²) >= 11 is 0. The highest BCUT2D eigenvalue weighted by Crippen LogP contribution is 2.35. The fourth-order valence-corrected chi connectivity index (χ4v) is 4.50. The van der Waals surface area contributed by atoms with Gasteiger partial charge in [-0.3, -0.25) is 9.30 Å². The summed E-state index contributed by atoms with van der Waals surface area (Å²) in [5.41, 5.74) is 2.56. The van der Waals surface area contributed by atoms with Crippen LogP contribution in [0.25, 0.3) is 27.8 Å². The van der Waals surface area contributed by atoms with E-state index in [9.17, 15) is 23.5 Å². The molecule has 2 aromatic heterocycles. The number of hydrogen-bond donors (Lipinski definition) is 2. The summed E-state index contributed by atoms with van der Waals surface area (Å²) in [4.78, 5) is 6.83. The number of anilines is 1. The Kier molecular flexibility index (Phi) is 5.63. The van der Waals surface area contributed by atoms with Crippen molar-refractivity contribution < 1.29 is 18.3 Å². The first-order valence-corrected chi connectivity index (χ1v) is 11.0. The van der Waals surface area contributed by atoms with E-state index in [0.717, 1.165) is 37.2 Å². The van der Waals surface area contributed by atoms with Crippen LogP contribution >= 0.6 is 0 Å². The third-order valence-corrected chi connectivity index (χ3v) is 6.19. The number of pyridine rings is 1. The summed E-state index contributed by atoms with van der Waals surface area (Å²) in [6, 6.07) is 16.3. The molecule has 4 aromatic rings. The molecule has 1 unspecified atom stereocenters. The van der Waals surface area contributed by atoms with Gasteiger partial charge in [-0.25, -0.2) is 4.98 Å². The van der Waals surface area contributed by atoms with E-state index < -0.39 is 11.7 Å². The molecule has 0 bridgehead atoms. The van der Waals surface area contributed by atoms with Gasteiger partial charge in [-0.2, -0.15) is 18.4 Å². The maximum absolute atomic E-state index is 13.1. The van der Waals surface area contributed by atoms with E-state index >= 15 is 0 Å². The number of nitriles is 1. The summed E-state index contributed by atoms with van der Waals surface area (Å²) in [7, 11) is 0. The summed E-state index contributed by atoms with van der Waals surface area (Å²) in [6.45, 7) is 2.78. The van der Waals surface area contributed by atoms with Crippen LogP contribution in [0.1, 0.15) is 17.5 Å². The summed E-state index contributed by atoms with van der Waals surface area (Å²) < 4.78 is 41.0. The minimum Gasteiger partial charge on any atom is -0.392 e. The van der Waals surface area contributed by atoms with Gasteiger partial charge in [0.05, 0.1) is 22.7 Å². The van der Waals surface area contributed by atoms with Gasteiger partial charge in [0.1, 0.15) is 17.5 Å². The van der Waals surface area contributed by atoms with Crippen LogP contribution in [0.3, 0.4) is 0 Å². The van der Waals surface area contributed by atoms with Gasteiger partial charge in [0.2, 0.25) is 0 Å². The predicted molar refractivity (Wildman–Crippen MR) is 123 cm³/mol. The van der Waals surface area contributed by atoms with Crippen molar-refractivity contribution in [1.82, 2.24) is 14.3 Å². The van der Waals surface area contributed by atoms with E-state index in [2.05, 4.69) is 21.3 Å². The number of aromatic nitrogens is 2. The zero-order chi connectivity index (χ0) is 23.9. The lowest BCUT2D eigenvalue weighted by molar-refractivity contribution is -0.137. The monoisotopic (exact) mass is 465 g/mol. The van der Waals surface area contributed by atoms with Crippen LogP contribution in [-0.4, -0.2) is 51.7 Å². The number of aliphatic hydroxyl groups is 1. The maximum Gasteiger partial charge on any atom is 0.416 e. The number of β-amino-alcohol motifs (C(OH)–C–C–N with tert-alkyl or cyclic N) is 1. The van der Waals surface area contributed by atoms with Crippen LogP contribution in [0, 0.1) is 11.3 Å². The number of benzene rings is 2. The van der Waals surface area contributed by atoms with Crippen LogP contribution in [0.4, 0.5) is 19.0 Å². The van der Waals surface area contributed by atoms with Crippen molar-refractivity contribution in [3.05, 3.63) is 65.7 Å². The number of hydrogen-bond acceptors (Lipinski definition) is 5. The van der Waals surface area contributed by atoms with E-state index in [4.69, 9.17) is 0 Å². The Morgan fingerprint density at radius 1 is 1.15 bits per heavy atom. The largest absolute Gasteiger partial charge is 0.416 e. The van der Waals surface area contributed by atoms with Crippen molar-refractivity contribution in [2.75, 3.05) is 31.5 Å². The Morgan fingerprint density at radius 3 is 2.59 bits per heavy atom. The molecule has 1 saturated heterocycles. The smallest absolute Gasteiger partial charge is 0.392 e. The number of alkyl halides is 3. The average molecular weight is 465 g/mol. The van der Waals surface area contributed by atoms with Crippen molar-refractivity contribution >= 4 is 22.5 Å². The Morgan fingerprint density at radius 2 is 1.91 bits per heavy atom. The first kappa shape index (κ1) is 22.2. The number of halogens is 3. The fourth-order valence-electron chi connectivity index (χ4n) is 4.50.